The SMILES string of the molecule is CC[C@@H](N)C(=O)Nc1cn[nH]c1. The van der Waals surface area contributed by atoms with Gasteiger partial charge in [0.1, 0.15) is 0 Å². The minimum absolute atomic E-state index is 0.182. The van der Waals surface area contributed by atoms with Crippen molar-refractivity contribution in [2.24, 2.45) is 5.73 Å². The van der Waals surface area contributed by atoms with E-state index in [-0.39, 0.29) is 5.91 Å². The van der Waals surface area contributed by atoms with E-state index in [0.29, 0.717) is 12.1 Å². The molecule has 0 bridgehead atoms. The quantitative estimate of drug-likeness (QED) is 0.597. The number of carbonyl (C=O) groups is 1. The molecule has 4 N–H and O–H groups in total. The first-order valence-electron chi connectivity index (χ1n) is 3.79. The highest BCUT2D eigenvalue weighted by Gasteiger charge is 2.10. The van der Waals surface area contributed by atoms with Crippen molar-refractivity contribution in [2.75, 3.05) is 5.32 Å². The number of nitrogens with one attached hydrogen (secondary N) is 2. The van der Waals surface area contributed by atoms with Crippen molar-refractivity contribution in [3.8, 4) is 0 Å². The van der Waals surface area contributed by atoms with Crippen LogP contribution in [0, 0.1) is 0 Å². The Kier molecular flexibility index (Phi) is 2.82. The van der Waals surface area contributed by atoms with Crippen LogP contribution in [0.4, 0.5) is 5.69 Å². The number of H-pyrrole nitrogens is 1. The third-order valence-corrected chi connectivity index (χ3v) is 1.54. The van der Waals surface area contributed by atoms with Crippen LogP contribution in [0.15, 0.2) is 12.4 Å². The van der Waals surface area contributed by atoms with E-state index in [1.165, 1.54) is 6.20 Å². The van der Waals surface area contributed by atoms with E-state index in [1.54, 1.807) is 6.20 Å². The minimum Gasteiger partial charge on any atom is -0.322 e. The van der Waals surface area contributed by atoms with E-state index in [0.717, 1.165) is 0 Å². The largest absolute Gasteiger partial charge is 0.322 e. The van der Waals surface area contributed by atoms with Crippen LogP contribution in [0.2, 0.25) is 0 Å². The monoisotopic (exact) mass is 168 g/mol. The molecular weight excluding hydrogens is 156 g/mol. The summed E-state index contributed by atoms with van der Waals surface area (Å²) in [6, 6.07) is -0.445. The van der Waals surface area contributed by atoms with Crippen molar-refractivity contribution >= 4 is 11.6 Å². The number of amides is 1. The molecule has 0 spiro atoms. The predicted molar refractivity (Wildman–Crippen MR) is 45.5 cm³/mol. The summed E-state index contributed by atoms with van der Waals surface area (Å²) in [6.07, 6.45) is 3.75. The zero-order chi connectivity index (χ0) is 8.97. The second-order valence-corrected chi connectivity index (χ2v) is 2.49. The van der Waals surface area contributed by atoms with Crippen molar-refractivity contribution in [3.05, 3.63) is 12.4 Å². The van der Waals surface area contributed by atoms with Crippen LogP contribution in [0.25, 0.3) is 0 Å². The minimum atomic E-state index is -0.445. The number of aromatic nitrogens is 2. The maximum Gasteiger partial charge on any atom is 0.241 e. The Balaban J connectivity index is 2.47. The number of hydrogen-bond donors (Lipinski definition) is 3. The van der Waals surface area contributed by atoms with Gasteiger partial charge >= 0.3 is 0 Å². The van der Waals surface area contributed by atoms with Crippen LogP contribution in [0.1, 0.15) is 13.3 Å². The van der Waals surface area contributed by atoms with Crippen LogP contribution in [-0.2, 0) is 4.79 Å². The van der Waals surface area contributed by atoms with Crippen molar-refractivity contribution in [1.82, 2.24) is 10.2 Å². The number of aromatic amines is 1. The molecule has 12 heavy (non-hydrogen) atoms. The summed E-state index contributed by atoms with van der Waals surface area (Å²) < 4.78 is 0. The molecule has 0 unspecified atom stereocenters. The Bertz CT molecular complexity index is 244. The van der Waals surface area contributed by atoms with Gasteiger partial charge in [0.2, 0.25) is 5.91 Å². The van der Waals surface area contributed by atoms with Gasteiger partial charge in [-0.05, 0) is 6.42 Å². The van der Waals surface area contributed by atoms with Crippen LogP contribution in [0.3, 0.4) is 0 Å². The third kappa shape index (κ3) is 2.06. The van der Waals surface area contributed by atoms with Gasteiger partial charge in [0.25, 0.3) is 0 Å². The number of rotatable bonds is 3. The Morgan fingerprint density at radius 1 is 1.92 bits per heavy atom. The molecule has 0 aliphatic rings. The summed E-state index contributed by atoms with van der Waals surface area (Å²) >= 11 is 0. The van der Waals surface area contributed by atoms with E-state index in [2.05, 4.69) is 15.5 Å². The molecule has 0 saturated carbocycles. The fraction of sp³-hybridized carbons (Fsp3) is 0.429. The van der Waals surface area contributed by atoms with Gasteiger partial charge in [-0.25, -0.2) is 0 Å². The van der Waals surface area contributed by atoms with Gasteiger partial charge in [-0.15, -0.1) is 0 Å². The standard InChI is InChI=1S/C7H12N4O/c1-2-6(8)7(12)11-5-3-9-10-4-5/h3-4,6H,2,8H2,1H3,(H,9,10)(H,11,12)/t6-/m1/s1. The molecule has 0 aliphatic carbocycles. The molecule has 5 nitrogen and oxygen atoms in total. The molecule has 1 heterocycles. The summed E-state index contributed by atoms with van der Waals surface area (Å²) in [5, 5.41) is 8.88. The average Bonchev–Trinajstić information content (AvgIpc) is 2.55. The molecule has 0 radical (unpaired) electrons. The third-order valence-electron chi connectivity index (χ3n) is 1.54. The number of hydrogen-bond acceptors (Lipinski definition) is 3. The normalized spacial score (nSPS) is 12.5. The Morgan fingerprint density at radius 3 is 3.17 bits per heavy atom. The van der Waals surface area contributed by atoms with Crippen molar-refractivity contribution in [1.29, 1.82) is 0 Å². The predicted octanol–water partition coefficient (Wildman–Crippen LogP) is 0.0855. The topological polar surface area (TPSA) is 83.8 Å². The van der Waals surface area contributed by atoms with Crippen molar-refractivity contribution in [3.63, 3.8) is 0 Å². The highest BCUT2D eigenvalue weighted by atomic mass is 16.2. The summed E-state index contributed by atoms with van der Waals surface area (Å²) in [6.45, 7) is 1.86. The molecule has 0 fully saturated rings. The molecular formula is C7H12N4O. The smallest absolute Gasteiger partial charge is 0.241 e. The fourth-order valence-corrected chi connectivity index (χ4v) is 0.740. The second-order valence-electron chi connectivity index (χ2n) is 2.49. The van der Waals surface area contributed by atoms with Crippen molar-refractivity contribution in [2.45, 2.75) is 19.4 Å². The van der Waals surface area contributed by atoms with Crippen LogP contribution >= 0.6 is 0 Å². The van der Waals surface area contributed by atoms with Gasteiger partial charge in [-0.2, -0.15) is 5.10 Å². The Morgan fingerprint density at radius 2 is 2.67 bits per heavy atom. The first-order valence-corrected chi connectivity index (χ1v) is 3.79. The molecule has 5 heteroatoms. The summed E-state index contributed by atoms with van der Waals surface area (Å²) in [5.74, 6) is -0.182. The van der Waals surface area contributed by atoms with E-state index in [1.807, 2.05) is 6.92 Å². The van der Waals surface area contributed by atoms with Crippen LogP contribution < -0.4 is 11.1 Å². The van der Waals surface area contributed by atoms with Crippen LogP contribution in [-0.4, -0.2) is 22.1 Å². The molecule has 1 rings (SSSR count). The molecule has 66 valence electrons. The maximum absolute atomic E-state index is 11.2. The molecule has 1 amide bonds. The zero-order valence-corrected chi connectivity index (χ0v) is 6.87. The second kappa shape index (κ2) is 3.87. The lowest BCUT2D eigenvalue weighted by atomic mass is 10.2. The van der Waals surface area contributed by atoms with E-state index < -0.39 is 6.04 Å². The number of anilines is 1. The van der Waals surface area contributed by atoms with E-state index >= 15 is 0 Å². The van der Waals surface area contributed by atoms with Gasteiger partial charge in [0, 0.05) is 6.20 Å². The molecule has 1 aromatic rings. The lowest BCUT2D eigenvalue weighted by Gasteiger charge is -2.07. The molecule has 1 aromatic heterocycles. The Labute approximate surface area is 70.3 Å². The summed E-state index contributed by atoms with van der Waals surface area (Å²) in [5.41, 5.74) is 6.13. The maximum atomic E-state index is 11.2. The Hall–Kier alpha value is -1.36. The fourth-order valence-electron chi connectivity index (χ4n) is 0.740. The van der Waals surface area contributed by atoms with Gasteiger partial charge in [0.05, 0.1) is 17.9 Å². The number of nitrogens with two attached hydrogens (primary N) is 1. The highest BCUT2D eigenvalue weighted by molar-refractivity contribution is 5.94. The van der Waals surface area contributed by atoms with Gasteiger partial charge < -0.3 is 11.1 Å². The van der Waals surface area contributed by atoms with Gasteiger partial charge in [-0.1, -0.05) is 6.92 Å². The molecule has 0 aromatic carbocycles. The number of nitrogens with zero attached hydrogens (tertiary/aromatic N) is 1. The summed E-state index contributed by atoms with van der Waals surface area (Å²) in [7, 11) is 0. The molecule has 0 aliphatic heterocycles. The van der Waals surface area contributed by atoms with Crippen molar-refractivity contribution < 1.29 is 4.79 Å². The first-order chi connectivity index (χ1) is 5.74. The van der Waals surface area contributed by atoms with Gasteiger partial charge in [-0.3, -0.25) is 9.89 Å². The average molecular weight is 168 g/mol. The first kappa shape index (κ1) is 8.73. The highest BCUT2D eigenvalue weighted by Crippen LogP contribution is 2.01. The summed E-state index contributed by atoms with van der Waals surface area (Å²) in [4.78, 5) is 11.2. The van der Waals surface area contributed by atoms with Crippen LogP contribution in [0.5, 0.6) is 0 Å². The lowest BCUT2D eigenvalue weighted by molar-refractivity contribution is -0.117. The lowest BCUT2D eigenvalue weighted by Crippen LogP contribution is -2.34. The van der Waals surface area contributed by atoms with Gasteiger partial charge in [0.15, 0.2) is 0 Å². The van der Waals surface area contributed by atoms with E-state index in [4.69, 9.17) is 5.73 Å². The molecule has 1 atom stereocenters. The number of carbonyl (C=O) groups excluding carboxylic acids is 1. The molecule has 0 saturated heterocycles. The zero-order valence-electron chi connectivity index (χ0n) is 6.87. The van der Waals surface area contributed by atoms with E-state index in [9.17, 15) is 4.79 Å².